The highest BCUT2D eigenvalue weighted by Gasteiger charge is 2.28. The number of hydrogen-bond acceptors (Lipinski definition) is 4. The van der Waals surface area contributed by atoms with Crippen LogP contribution in [0.15, 0.2) is 12.4 Å². The van der Waals surface area contributed by atoms with Crippen molar-refractivity contribution in [2.45, 2.75) is 38.6 Å². The van der Waals surface area contributed by atoms with Gasteiger partial charge in [0.25, 0.3) is 0 Å². The molecular formula is C13H21N3O. The highest BCUT2D eigenvalue weighted by Crippen LogP contribution is 2.33. The summed E-state index contributed by atoms with van der Waals surface area (Å²) in [6.07, 6.45) is 6.23. The van der Waals surface area contributed by atoms with E-state index in [1.54, 1.807) is 13.4 Å². The van der Waals surface area contributed by atoms with Gasteiger partial charge in [-0.15, -0.1) is 0 Å². The van der Waals surface area contributed by atoms with Crippen molar-refractivity contribution in [3.05, 3.63) is 18.1 Å². The van der Waals surface area contributed by atoms with Crippen molar-refractivity contribution in [3.8, 4) is 5.88 Å². The lowest BCUT2D eigenvalue weighted by molar-refractivity contribution is 0.340. The molecule has 0 radical (unpaired) electrons. The summed E-state index contributed by atoms with van der Waals surface area (Å²) in [5.74, 6) is 1.99. The molecule has 4 heteroatoms. The van der Waals surface area contributed by atoms with Crippen molar-refractivity contribution < 1.29 is 4.74 Å². The van der Waals surface area contributed by atoms with Crippen molar-refractivity contribution in [1.82, 2.24) is 9.97 Å². The quantitative estimate of drug-likeness (QED) is 0.864. The SMILES string of the molecule is COc1cc(CC(N)C2CCCC2C)ncn1. The lowest BCUT2D eigenvalue weighted by atomic mass is 9.88. The molecule has 0 aliphatic heterocycles. The van der Waals surface area contributed by atoms with Gasteiger partial charge in [-0.25, -0.2) is 9.97 Å². The number of nitrogens with zero attached hydrogens (tertiary/aromatic N) is 2. The summed E-state index contributed by atoms with van der Waals surface area (Å²) in [5, 5.41) is 0. The van der Waals surface area contributed by atoms with Crippen LogP contribution in [0.1, 0.15) is 31.9 Å². The molecule has 94 valence electrons. The van der Waals surface area contributed by atoms with E-state index in [2.05, 4.69) is 16.9 Å². The molecule has 1 saturated carbocycles. The molecule has 2 rings (SSSR count). The Balaban J connectivity index is 1.99. The highest BCUT2D eigenvalue weighted by molar-refractivity contribution is 5.14. The van der Waals surface area contributed by atoms with Crippen LogP contribution in [0.3, 0.4) is 0 Å². The van der Waals surface area contributed by atoms with E-state index in [0.717, 1.165) is 18.0 Å². The molecule has 4 nitrogen and oxygen atoms in total. The zero-order valence-electron chi connectivity index (χ0n) is 10.6. The third-order valence-electron chi connectivity index (χ3n) is 3.83. The number of methoxy groups -OCH3 is 1. The maximum absolute atomic E-state index is 6.29. The summed E-state index contributed by atoms with van der Waals surface area (Å²) in [5.41, 5.74) is 7.27. The van der Waals surface area contributed by atoms with Gasteiger partial charge < -0.3 is 10.5 Å². The monoisotopic (exact) mass is 235 g/mol. The molecule has 0 saturated heterocycles. The maximum atomic E-state index is 6.29. The van der Waals surface area contributed by atoms with Crippen LogP contribution in [-0.2, 0) is 6.42 Å². The van der Waals surface area contributed by atoms with Crippen LogP contribution in [0.25, 0.3) is 0 Å². The average molecular weight is 235 g/mol. The van der Waals surface area contributed by atoms with E-state index in [0.29, 0.717) is 11.8 Å². The van der Waals surface area contributed by atoms with Crippen molar-refractivity contribution in [1.29, 1.82) is 0 Å². The van der Waals surface area contributed by atoms with E-state index < -0.39 is 0 Å². The molecule has 3 unspecified atom stereocenters. The van der Waals surface area contributed by atoms with Crippen LogP contribution in [0.5, 0.6) is 5.88 Å². The van der Waals surface area contributed by atoms with Crippen LogP contribution in [-0.4, -0.2) is 23.1 Å². The second-order valence-electron chi connectivity index (χ2n) is 4.99. The summed E-state index contributed by atoms with van der Waals surface area (Å²) in [7, 11) is 1.62. The third kappa shape index (κ3) is 2.94. The van der Waals surface area contributed by atoms with Crippen molar-refractivity contribution >= 4 is 0 Å². The Morgan fingerprint density at radius 2 is 2.29 bits per heavy atom. The van der Waals surface area contributed by atoms with Gasteiger partial charge in [-0.3, -0.25) is 0 Å². The fourth-order valence-electron chi connectivity index (χ4n) is 2.80. The smallest absolute Gasteiger partial charge is 0.216 e. The van der Waals surface area contributed by atoms with E-state index in [1.165, 1.54) is 19.3 Å². The predicted molar refractivity (Wildman–Crippen MR) is 66.8 cm³/mol. The fraction of sp³-hybridized carbons (Fsp3) is 0.692. The Hall–Kier alpha value is -1.16. The Morgan fingerprint density at radius 3 is 2.94 bits per heavy atom. The van der Waals surface area contributed by atoms with Crippen molar-refractivity contribution in [2.24, 2.45) is 17.6 Å². The lowest BCUT2D eigenvalue weighted by Gasteiger charge is -2.22. The molecule has 0 amide bonds. The van der Waals surface area contributed by atoms with Crippen LogP contribution < -0.4 is 10.5 Å². The minimum Gasteiger partial charge on any atom is -0.481 e. The van der Waals surface area contributed by atoms with Gasteiger partial charge in [-0.1, -0.05) is 19.8 Å². The second-order valence-corrected chi connectivity index (χ2v) is 4.99. The molecule has 0 bridgehead atoms. The van der Waals surface area contributed by atoms with Gasteiger partial charge in [0, 0.05) is 24.2 Å². The molecule has 0 aromatic carbocycles. The minimum absolute atomic E-state index is 0.201. The Kier molecular flexibility index (Phi) is 3.94. The normalized spacial score (nSPS) is 25.8. The summed E-state index contributed by atoms with van der Waals surface area (Å²) in [6, 6.07) is 2.08. The summed E-state index contributed by atoms with van der Waals surface area (Å²) < 4.78 is 5.09. The second kappa shape index (κ2) is 5.45. The summed E-state index contributed by atoms with van der Waals surface area (Å²) in [4.78, 5) is 8.26. The zero-order valence-corrected chi connectivity index (χ0v) is 10.6. The predicted octanol–water partition coefficient (Wildman–Crippen LogP) is 1.79. The van der Waals surface area contributed by atoms with E-state index >= 15 is 0 Å². The van der Waals surface area contributed by atoms with Gasteiger partial charge in [0.2, 0.25) is 5.88 Å². The molecule has 17 heavy (non-hydrogen) atoms. The molecule has 1 fully saturated rings. The minimum atomic E-state index is 0.201. The maximum Gasteiger partial charge on any atom is 0.216 e. The molecule has 1 aromatic heterocycles. The fourth-order valence-corrected chi connectivity index (χ4v) is 2.80. The molecule has 3 atom stereocenters. The number of nitrogens with two attached hydrogens (primary N) is 1. The first-order valence-corrected chi connectivity index (χ1v) is 6.31. The Labute approximate surface area is 103 Å². The van der Waals surface area contributed by atoms with Crippen molar-refractivity contribution in [3.63, 3.8) is 0 Å². The van der Waals surface area contributed by atoms with Crippen LogP contribution >= 0.6 is 0 Å². The third-order valence-corrected chi connectivity index (χ3v) is 3.83. The number of hydrogen-bond donors (Lipinski definition) is 1. The summed E-state index contributed by atoms with van der Waals surface area (Å²) >= 11 is 0. The first-order valence-electron chi connectivity index (χ1n) is 6.31. The first-order chi connectivity index (χ1) is 8.20. The average Bonchev–Trinajstić information content (AvgIpc) is 2.76. The standard InChI is InChI=1S/C13H21N3O/c1-9-4-3-5-11(9)12(14)6-10-7-13(17-2)16-8-15-10/h7-9,11-12H,3-6,14H2,1-2H3. The zero-order chi connectivity index (χ0) is 12.3. The van der Waals surface area contributed by atoms with Gasteiger partial charge in [0.15, 0.2) is 0 Å². The van der Waals surface area contributed by atoms with E-state index in [9.17, 15) is 0 Å². The van der Waals surface area contributed by atoms with Crippen molar-refractivity contribution in [2.75, 3.05) is 7.11 Å². The highest BCUT2D eigenvalue weighted by atomic mass is 16.5. The summed E-state index contributed by atoms with van der Waals surface area (Å²) in [6.45, 7) is 2.30. The lowest BCUT2D eigenvalue weighted by Crippen LogP contribution is -2.34. The van der Waals surface area contributed by atoms with Gasteiger partial charge in [-0.2, -0.15) is 0 Å². The molecule has 1 aliphatic rings. The van der Waals surface area contributed by atoms with Crippen LogP contribution in [0, 0.1) is 11.8 Å². The largest absolute Gasteiger partial charge is 0.481 e. The molecule has 0 spiro atoms. The molecule has 1 aliphatic carbocycles. The molecule has 1 heterocycles. The van der Waals surface area contributed by atoms with Crippen LogP contribution in [0.4, 0.5) is 0 Å². The molecule has 1 aromatic rings. The number of ether oxygens (including phenoxy) is 1. The van der Waals surface area contributed by atoms with Gasteiger partial charge in [0.1, 0.15) is 6.33 Å². The first kappa shape index (κ1) is 12.3. The van der Waals surface area contributed by atoms with Gasteiger partial charge >= 0.3 is 0 Å². The van der Waals surface area contributed by atoms with Gasteiger partial charge in [0.05, 0.1) is 7.11 Å². The van der Waals surface area contributed by atoms with E-state index in [-0.39, 0.29) is 6.04 Å². The number of rotatable bonds is 4. The topological polar surface area (TPSA) is 61.0 Å². The molecular weight excluding hydrogens is 214 g/mol. The number of aromatic nitrogens is 2. The van der Waals surface area contributed by atoms with E-state index in [4.69, 9.17) is 10.5 Å². The molecule has 2 N–H and O–H groups in total. The van der Waals surface area contributed by atoms with Crippen LogP contribution in [0.2, 0.25) is 0 Å². The Bertz CT molecular complexity index is 369. The van der Waals surface area contributed by atoms with Gasteiger partial charge in [-0.05, 0) is 18.3 Å². The van der Waals surface area contributed by atoms with E-state index in [1.807, 2.05) is 6.07 Å². The Morgan fingerprint density at radius 1 is 1.47 bits per heavy atom.